The van der Waals surface area contributed by atoms with Crippen LogP contribution in [-0.2, 0) is 0 Å². The van der Waals surface area contributed by atoms with Crippen molar-refractivity contribution in [1.82, 2.24) is 4.98 Å². The van der Waals surface area contributed by atoms with E-state index in [0.29, 0.717) is 5.69 Å². The minimum absolute atomic E-state index is 0.207. The molecule has 1 N–H and O–H groups in total. The molecule has 0 radical (unpaired) electrons. The Bertz CT molecular complexity index is 1140. The number of thiazole rings is 1. The van der Waals surface area contributed by atoms with E-state index in [9.17, 15) is 18.0 Å². The monoisotopic (exact) mass is 414 g/mol. The Morgan fingerprint density at radius 2 is 1.62 bits per heavy atom. The molecule has 4 rings (SSSR count). The molecule has 4 nitrogen and oxygen atoms in total. The fraction of sp³-hybridized carbons (Fsp3) is 0.0476. The van der Waals surface area contributed by atoms with Crippen molar-refractivity contribution >= 4 is 33.1 Å². The minimum atomic E-state index is -4.78. The summed E-state index contributed by atoms with van der Waals surface area (Å²) in [5.41, 5.74) is 2.40. The highest BCUT2D eigenvalue weighted by Crippen LogP contribution is 2.34. The summed E-state index contributed by atoms with van der Waals surface area (Å²) in [6, 6.07) is 19.7. The van der Waals surface area contributed by atoms with Crippen LogP contribution < -0.4 is 10.1 Å². The number of benzene rings is 3. The molecule has 3 aromatic carbocycles. The van der Waals surface area contributed by atoms with Crippen LogP contribution in [-0.4, -0.2) is 17.3 Å². The SMILES string of the molecule is O=C(Nc1ccccc1-c1nc2ccccc2s1)c1ccc(OC(F)(F)F)cc1. The summed E-state index contributed by atoms with van der Waals surface area (Å²) < 4.78 is 41.6. The second kappa shape index (κ2) is 7.56. The van der Waals surface area contributed by atoms with Crippen LogP contribution in [0.15, 0.2) is 72.8 Å². The van der Waals surface area contributed by atoms with Gasteiger partial charge in [0.05, 0.1) is 15.9 Å². The number of fused-ring (bicyclic) bond motifs is 1. The molecule has 0 bridgehead atoms. The molecule has 0 atom stereocenters. The third kappa shape index (κ3) is 4.38. The van der Waals surface area contributed by atoms with Crippen molar-refractivity contribution in [2.45, 2.75) is 6.36 Å². The van der Waals surface area contributed by atoms with E-state index in [-0.39, 0.29) is 11.3 Å². The van der Waals surface area contributed by atoms with Crippen molar-refractivity contribution in [2.75, 3.05) is 5.32 Å². The van der Waals surface area contributed by atoms with Crippen LogP contribution in [0.3, 0.4) is 0 Å². The Balaban J connectivity index is 1.58. The number of hydrogen-bond donors (Lipinski definition) is 1. The molecule has 0 spiro atoms. The number of rotatable bonds is 4. The first kappa shape index (κ1) is 18.9. The maximum absolute atomic E-state index is 12.6. The molecule has 1 aromatic heterocycles. The van der Waals surface area contributed by atoms with E-state index >= 15 is 0 Å². The first-order chi connectivity index (χ1) is 13.9. The van der Waals surface area contributed by atoms with E-state index < -0.39 is 12.3 Å². The molecule has 29 heavy (non-hydrogen) atoms. The number of nitrogens with one attached hydrogen (secondary N) is 1. The lowest BCUT2D eigenvalue weighted by molar-refractivity contribution is -0.274. The first-order valence-corrected chi connectivity index (χ1v) is 9.33. The summed E-state index contributed by atoms with van der Waals surface area (Å²) in [6.45, 7) is 0. The summed E-state index contributed by atoms with van der Waals surface area (Å²) in [5, 5.41) is 3.56. The van der Waals surface area contributed by atoms with Gasteiger partial charge in [-0.3, -0.25) is 4.79 Å². The number of para-hydroxylation sites is 2. The molecule has 0 aliphatic carbocycles. The van der Waals surface area contributed by atoms with E-state index in [0.717, 1.165) is 32.9 Å². The molecule has 0 aliphatic rings. The van der Waals surface area contributed by atoms with E-state index in [1.165, 1.54) is 23.5 Å². The highest BCUT2D eigenvalue weighted by Gasteiger charge is 2.31. The van der Waals surface area contributed by atoms with Gasteiger partial charge in [-0.1, -0.05) is 24.3 Å². The van der Waals surface area contributed by atoms with Crippen LogP contribution in [0.25, 0.3) is 20.8 Å². The number of carbonyl (C=O) groups is 1. The van der Waals surface area contributed by atoms with Crippen LogP contribution >= 0.6 is 11.3 Å². The maximum atomic E-state index is 12.6. The molecule has 146 valence electrons. The molecule has 1 heterocycles. The summed E-state index contributed by atoms with van der Waals surface area (Å²) in [7, 11) is 0. The van der Waals surface area contributed by atoms with Gasteiger partial charge in [0.25, 0.3) is 5.91 Å². The fourth-order valence-corrected chi connectivity index (χ4v) is 3.77. The zero-order valence-electron chi connectivity index (χ0n) is 14.7. The summed E-state index contributed by atoms with van der Waals surface area (Å²) in [5.74, 6) is -0.832. The normalized spacial score (nSPS) is 11.4. The van der Waals surface area contributed by atoms with Crippen molar-refractivity contribution in [3.63, 3.8) is 0 Å². The number of halogens is 3. The number of aromatic nitrogens is 1. The fourth-order valence-electron chi connectivity index (χ4n) is 2.77. The van der Waals surface area contributed by atoms with Crippen LogP contribution in [0, 0.1) is 0 Å². The third-order valence-corrected chi connectivity index (χ3v) is 5.12. The second-order valence-electron chi connectivity index (χ2n) is 6.06. The number of carbonyl (C=O) groups excluding carboxylic acids is 1. The van der Waals surface area contributed by atoms with E-state index in [2.05, 4.69) is 15.0 Å². The summed E-state index contributed by atoms with van der Waals surface area (Å²) in [4.78, 5) is 17.2. The summed E-state index contributed by atoms with van der Waals surface area (Å²) >= 11 is 1.51. The average Bonchev–Trinajstić information content (AvgIpc) is 3.11. The molecule has 8 heteroatoms. The van der Waals surface area contributed by atoms with Gasteiger partial charge in [-0.25, -0.2) is 4.98 Å². The van der Waals surface area contributed by atoms with E-state index in [1.807, 2.05) is 36.4 Å². The molecule has 0 aliphatic heterocycles. The lowest BCUT2D eigenvalue weighted by Crippen LogP contribution is -2.17. The van der Waals surface area contributed by atoms with E-state index in [1.54, 1.807) is 12.1 Å². The number of alkyl halides is 3. The Morgan fingerprint density at radius 3 is 2.34 bits per heavy atom. The third-order valence-electron chi connectivity index (χ3n) is 4.05. The van der Waals surface area contributed by atoms with E-state index in [4.69, 9.17) is 0 Å². The molecule has 0 fully saturated rings. The van der Waals surface area contributed by atoms with Gasteiger partial charge in [0.1, 0.15) is 10.8 Å². The minimum Gasteiger partial charge on any atom is -0.406 e. The van der Waals surface area contributed by atoms with Crippen LogP contribution in [0.4, 0.5) is 18.9 Å². The number of nitrogens with zero attached hydrogens (tertiary/aromatic N) is 1. The quantitative estimate of drug-likeness (QED) is 0.438. The summed E-state index contributed by atoms with van der Waals surface area (Å²) in [6.07, 6.45) is -4.78. The predicted octanol–water partition coefficient (Wildman–Crippen LogP) is 6.11. The largest absolute Gasteiger partial charge is 0.573 e. The van der Waals surface area contributed by atoms with Gasteiger partial charge in [-0.15, -0.1) is 24.5 Å². The molecule has 0 unspecified atom stereocenters. The number of amides is 1. The first-order valence-electron chi connectivity index (χ1n) is 8.51. The van der Waals surface area contributed by atoms with Crippen LogP contribution in [0.5, 0.6) is 5.75 Å². The van der Waals surface area contributed by atoms with Gasteiger partial charge in [-0.2, -0.15) is 0 Å². The van der Waals surface area contributed by atoms with Crippen LogP contribution in [0.1, 0.15) is 10.4 Å². The smallest absolute Gasteiger partial charge is 0.406 e. The molecular weight excluding hydrogens is 401 g/mol. The number of anilines is 1. The standard InChI is InChI=1S/C21H13F3N2O2S/c22-21(23,24)28-14-11-9-13(10-12-14)19(27)25-16-6-2-1-5-15(16)20-26-17-7-3-4-8-18(17)29-20/h1-12H,(H,25,27). The lowest BCUT2D eigenvalue weighted by atomic mass is 10.1. The highest BCUT2D eigenvalue weighted by molar-refractivity contribution is 7.21. The Labute approximate surface area is 167 Å². The van der Waals surface area contributed by atoms with Gasteiger partial charge >= 0.3 is 6.36 Å². The van der Waals surface area contributed by atoms with Crippen molar-refractivity contribution in [3.8, 4) is 16.3 Å². The van der Waals surface area contributed by atoms with Gasteiger partial charge in [0.2, 0.25) is 0 Å². The molecule has 0 saturated heterocycles. The lowest BCUT2D eigenvalue weighted by Gasteiger charge is -2.11. The topological polar surface area (TPSA) is 51.2 Å². The molecular formula is C21H13F3N2O2S. The zero-order valence-corrected chi connectivity index (χ0v) is 15.6. The molecule has 1 amide bonds. The van der Waals surface area contributed by atoms with Gasteiger partial charge in [-0.05, 0) is 48.5 Å². The van der Waals surface area contributed by atoms with Crippen molar-refractivity contribution in [1.29, 1.82) is 0 Å². The van der Waals surface area contributed by atoms with Gasteiger partial charge in [0.15, 0.2) is 0 Å². The predicted molar refractivity (Wildman–Crippen MR) is 106 cm³/mol. The van der Waals surface area contributed by atoms with Gasteiger partial charge in [0, 0.05) is 11.1 Å². The second-order valence-corrected chi connectivity index (χ2v) is 7.09. The maximum Gasteiger partial charge on any atom is 0.573 e. The van der Waals surface area contributed by atoms with Crippen molar-refractivity contribution in [2.24, 2.45) is 0 Å². The van der Waals surface area contributed by atoms with Crippen molar-refractivity contribution < 1.29 is 22.7 Å². The Kier molecular flexibility index (Phi) is 4.94. The Morgan fingerprint density at radius 1 is 0.931 bits per heavy atom. The van der Waals surface area contributed by atoms with Crippen molar-refractivity contribution in [3.05, 3.63) is 78.4 Å². The Hall–Kier alpha value is -3.39. The number of hydrogen-bond acceptors (Lipinski definition) is 4. The van der Waals surface area contributed by atoms with Gasteiger partial charge < -0.3 is 10.1 Å². The number of ether oxygens (including phenoxy) is 1. The molecule has 0 saturated carbocycles. The average molecular weight is 414 g/mol. The zero-order chi connectivity index (χ0) is 20.4. The highest BCUT2D eigenvalue weighted by atomic mass is 32.1. The molecule has 4 aromatic rings. The van der Waals surface area contributed by atoms with Crippen LogP contribution in [0.2, 0.25) is 0 Å².